The molecule has 0 spiro atoms. The molecule has 3 rings (SSSR count). The van der Waals surface area contributed by atoms with E-state index in [1.165, 1.54) is 16.7 Å². The van der Waals surface area contributed by atoms with E-state index < -0.39 is 0 Å². The highest BCUT2D eigenvalue weighted by atomic mass is 16.5. The first-order valence-corrected chi connectivity index (χ1v) is 8.30. The number of ether oxygens (including phenoxy) is 2. The summed E-state index contributed by atoms with van der Waals surface area (Å²) >= 11 is 0. The fourth-order valence-corrected chi connectivity index (χ4v) is 3.06. The van der Waals surface area contributed by atoms with Crippen molar-refractivity contribution in [3.8, 4) is 28.4 Å². The van der Waals surface area contributed by atoms with Gasteiger partial charge in [0.1, 0.15) is 5.75 Å². The summed E-state index contributed by atoms with van der Waals surface area (Å²) in [4.78, 5) is 0. The molecule has 25 heavy (non-hydrogen) atoms. The minimum atomic E-state index is 0.170. The first-order valence-electron chi connectivity index (χ1n) is 8.30. The molecule has 0 saturated heterocycles. The Kier molecular flexibility index (Phi) is 5.24. The van der Waals surface area contributed by atoms with Gasteiger partial charge in [-0.1, -0.05) is 48.5 Å². The molecule has 128 valence electrons. The van der Waals surface area contributed by atoms with Crippen molar-refractivity contribution in [2.75, 3.05) is 14.2 Å². The van der Waals surface area contributed by atoms with Crippen LogP contribution in [0.4, 0.5) is 0 Å². The molecule has 0 amide bonds. The van der Waals surface area contributed by atoms with Gasteiger partial charge in [-0.3, -0.25) is 0 Å². The maximum Gasteiger partial charge on any atom is 0.160 e. The van der Waals surface area contributed by atoms with E-state index >= 15 is 0 Å². The van der Waals surface area contributed by atoms with Gasteiger partial charge in [-0.2, -0.15) is 0 Å². The van der Waals surface area contributed by atoms with Crippen LogP contribution in [0.3, 0.4) is 0 Å². The maximum absolute atomic E-state index is 9.97. The lowest BCUT2D eigenvalue weighted by Crippen LogP contribution is -1.99. The molecule has 0 aliphatic rings. The summed E-state index contributed by atoms with van der Waals surface area (Å²) in [6.07, 6.45) is 1.62. The van der Waals surface area contributed by atoms with Crippen LogP contribution in [0.25, 0.3) is 11.1 Å². The molecule has 3 aromatic rings. The van der Waals surface area contributed by atoms with Gasteiger partial charge in [0.25, 0.3) is 0 Å². The van der Waals surface area contributed by atoms with Crippen LogP contribution in [0, 0.1) is 0 Å². The summed E-state index contributed by atoms with van der Waals surface area (Å²) in [7, 11) is 3.25. The lowest BCUT2D eigenvalue weighted by molar-refractivity contribution is 0.373. The predicted octanol–water partition coefficient (Wildman–Crippen LogP) is 4.86. The molecule has 0 radical (unpaired) electrons. The Morgan fingerprint density at radius 3 is 2.20 bits per heavy atom. The van der Waals surface area contributed by atoms with Crippen LogP contribution in [-0.4, -0.2) is 19.3 Å². The molecule has 0 atom stereocenters. The fourth-order valence-electron chi connectivity index (χ4n) is 3.06. The standard InChI is InChI=1S/C22H22O3/c1-24-21-10-6-9-18(17-7-4-3-5-8-17)19(21)13-11-16-12-14-22(25-2)20(23)15-16/h3-10,12,14-15,23H,11,13H2,1-2H3. The quantitative estimate of drug-likeness (QED) is 0.699. The van der Waals surface area contributed by atoms with Crippen molar-refractivity contribution in [3.63, 3.8) is 0 Å². The van der Waals surface area contributed by atoms with Crippen molar-refractivity contribution >= 4 is 0 Å². The van der Waals surface area contributed by atoms with E-state index in [4.69, 9.17) is 9.47 Å². The minimum absolute atomic E-state index is 0.170. The van der Waals surface area contributed by atoms with Crippen LogP contribution in [0.2, 0.25) is 0 Å². The lowest BCUT2D eigenvalue weighted by Gasteiger charge is -2.15. The molecule has 3 aromatic carbocycles. The SMILES string of the molecule is COc1ccc(CCc2c(OC)cccc2-c2ccccc2)cc1O. The average Bonchev–Trinajstić information content (AvgIpc) is 2.67. The van der Waals surface area contributed by atoms with E-state index in [1.807, 2.05) is 36.4 Å². The molecule has 0 bridgehead atoms. The largest absolute Gasteiger partial charge is 0.504 e. The first-order chi connectivity index (χ1) is 12.2. The average molecular weight is 334 g/mol. The van der Waals surface area contributed by atoms with Crippen molar-refractivity contribution in [3.05, 3.63) is 77.9 Å². The first kappa shape index (κ1) is 16.9. The highest BCUT2D eigenvalue weighted by Gasteiger charge is 2.11. The second-order valence-corrected chi connectivity index (χ2v) is 5.86. The Morgan fingerprint density at radius 2 is 1.52 bits per heavy atom. The molecule has 0 unspecified atom stereocenters. The van der Waals surface area contributed by atoms with E-state index in [1.54, 1.807) is 26.4 Å². The van der Waals surface area contributed by atoms with Gasteiger partial charge in [0.15, 0.2) is 11.5 Å². The molecule has 3 heteroatoms. The van der Waals surface area contributed by atoms with Crippen molar-refractivity contribution in [1.82, 2.24) is 0 Å². The van der Waals surface area contributed by atoms with Crippen LogP contribution in [0.1, 0.15) is 11.1 Å². The Labute approximate surface area is 148 Å². The summed E-state index contributed by atoms with van der Waals surface area (Å²) < 4.78 is 10.7. The molecule has 0 fully saturated rings. The number of rotatable bonds is 6. The highest BCUT2D eigenvalue weighted by Crippen LogP contribution is 2.33. The predicted molar refractivity (Wildman–Crippen MR) is 100 cm³/mol. The third kappa shape index (κ3) is 3.77. The van der Waals surface area contributed by atoms with Gasteiger partial charge >= 0.3 is 0 Å². The molecule has 0 aliphatic heterocycles. The number of phenolic OH excluding ortho intramolecular Hbond substituents is 1. The third-order valence-corrected chi connectivity index (χ3v) is 4.34. The number of hydrogen-bond donors (Lipinski definition) is 1. The Hall–Kier alpha value is -2.94. The van der Waals surface area contributed by atoms with Gasteiger partial charge in [0, 0.05) is 5.56 Å². The maximum atomic E-state index is 9.97. The van der Waals surface area contributed by atoms with Crippen molar-refractivity contribution < 1.29 is 14.6 Å². The monoisotopic (exact) mass is 334 g/mol. The van der Waals surface area contributed by atoms with Crippen molar-refractivity contribution in [2.45, 2.75) is 12.8 Å². The minimum Gasteiger partial charge on any atom is -0.504 e. The van der Waals surface area contributed by atoms with Gasteiger partial charge in [0.05, 0.1) is 14.2 Å². The molecular weight excluding hydrogens is 312 g/mol. The van der Waals surface area contributed by atoms with Gasteiger partial charge in [-0.05, 0) is 47.7 Å². The summed E-state index contributed by atoms with van der Waals surface area (Å²) in [6.45, 7) is 0. The lowest BCUT2D eigenvalue weighted by atomic mass is 9.94. The van der Waals surface area contributed by atoms with E-state index in [0.717, 1.165) is 24.2 Å². The summed E-state index contributed by atoms with van der Waals surface area (Å²) in [5.74, 6) is 1.55. The van der Waals surface area contributed by atoms with E-state index in [9.17, 15) is 5.11 Å². The normalized spacial score (nSPS) is 10.5. The van der Waals surface area contributed by atoms with Gasteiger partial charge in [-0.15, -0.1) is 0 Å². The Balaban J connectivity index is 1.90. The smallest absolute Gasteiger partial charge is 0.160 e. The van der Waals surface area contributed by atoms with Crippen LogP contribution in [-0.2, 0) is 12.8 Å². The van der Waals surface area contributed by atoms with Crippen molar-refractivity contribution in [2.24, 2.45) is 0 Å². The van der Waals surface area contributed by atoms with Crippen LogP contribution in [0.15, 0.2) is 66.7 Å². The zero-order valence-corrected chi connectivity index (χ0v) is 14.5. The number of benzene rings is 3. The van der Waals surface area contributed by atoms with Gasteiger partial charge in [-0.25, -0.2) is 0 Å². The molecule has 0 saturated carbocycles. The molecule has 1 N–H and O–H groups in total. The van der Waals surface area contributed by atoms with E-state index in [0.29, 0.717) is 5.75 Å². The van der Waals surface area contributed by atoms with Crippen LogP contribution < -0.4 is 9.47 Å². The zero-order valence-electron chi connectivity index (χ0n) is 14.5. The number of phenols is 1. The van der Waals surface area contributed by atoms with E-state index in [2.05, 4.69) is 18.2 Å². The topological polar surface area (TPSA) is 38.7 Å². The number of hydrogen-bond acceptors (Lipinski definition) is 3. The van der Waals surface area contributed by atoms with E-state index in [-0.39, 0.29) is 5.75 Å². The van der Waals surface area contributed by atoms with Crippen molar-refractivity contribution in [1.29, 1.82) is 0 Å². The number of aromatic hydroxyl groups is 1. The summed E-state index contributed by atoms with van der Waals surface area (Å²) in [5, 5.41) is 9.97. The molecule has 0 aromatic heterocycles. The second kappa shape index (κ2) is 7.75. The number of methoxy groups -OCH3 is 2. The fraction of sp³-hybridized carbons (Fsp3) is 0.182. The second-order valence-electron chi connectivity index (χ2n) is 5.86. The Morgan fingerprint density at radius 1 is 0.760 bits per heavy atom. The van der Waals surface area contributed by atoms with Gasteiger partial charge in [0.2, 0.25) is 0 Å². The highest BCUT2D eigenvalue weighted by molar-refractivity contribution is 5.70. The molecule has 3 nitrogen and oxygen atoms in total. The summed E-state index contributed by atoms with van der Waals surface area (Å²) in [6, 6.07) is 22.0. The molecular formula is C22H22O3. The Bertz CT molecular complexity index is 841. The van der Waals surface area contributed by atoms with Crippen LogP contribution >= 0.6 is 0 Å². The number of aryl methyl sites for hydroxylation is 1. The molecule has 0 heterocycles. The summed E-state index contributed by atoms with van der Waals surface area (Å²) in [5.41, 5.74) is 4.58. The van der Waals surface area contributed by atoms with Gasteiger partial charge < -0.3 is 14.6 Å². The third-order valence-electron chi connectivity index (χ3n) is 4.34. The van der Waals surface area contributed by atoms with Crippen LogP contribution in [0.5, 0.6) is 17.2 Å². The zero-order chi connectivity index (χ0) is 17.6. The molecule has 0 aliphatic carbocycles.